The normalized spacial score (nSPS) is 20.0. The summed E-state index contributed by atoms with van der Waals surface area (Å²) in [6.45, 7) is 37.9. The maximum atomic E-state index is 12.0. The molecule has 5 aliphatic heterocycles. The van der Waals surface area contributed by atoms with Crippen LogP contribution in [0, 0.1) is 13.8 Å². The Hall–Kier alpha value is -4.20. The van der Waals surface area contributed by atoms with Gasteiger partial charge in [-0.15, -0.1) is 0 Å². The van der Waals surface area contributed by atoms with Gasteiger partial charge in [-0.3, -0.25) is 4.79 Å². The number of carboxylic acids is 1. The minimum absolute atomic E-state index is 0. The number of carbonyl (C=O) groups is 4. The zero-order chi connectivity index (χ0) is 62.8. The lowest BCUT2D eigenvalue weighted by Gasteiger charge is -2.32. The Bertz CT molecular complexity index is 2920. The first-order valence-corrected chi connectivity index (χ1v) is 29.3. The predicted molar refractivity (Wildman–Crippen MR) is 335 cm³/mol. The standard InChI is InChI=1S/C15H20BBrO4.C15H21BO4.C12H24B2O4.C9H9BrO.C8H7BO4.H2O/c1-14(2)15(3,4)21-16(20-14)12-10(9-17)7-6-8-11(12)13(18)19-5;1-10-8-7-9-11(13(17)18-6)12(10)16-19-14(2,3)15(4,5)20-16;1-9(2)10(3,4)16-13(15-9)14-17-11(5,6)12(7,8)18-14;1-6-4-3-5-8(7(2)11)9(6)10;10-8(11)6-3-1-2-5-4-13-9(12)7(5)6;/h6-8H,9H2,1-5H3;7-9H,1-6H3;1-8H3;3-5H,1-2H3;1-3,12H,4H2,(H,10,11);1H2. The van der Waals surface area contributed by atoms with Crippen molar-refractivity contribution in [1.29, 1.82) is 0 Å². The fourth-order valence-corrected chi connectivity index (χ4v) is 9.92. The van der Waals surface area contributed by atoms with Crippen molar-refractivity contribution in [1.82, 2.24) is 0 Å². The summed E-state index contributed by atoms with van der Waals surface area (Å²) >= 11 is 6.81. The number of benzene rings is 4. The Kier molecular flexibility index (Phi) is 23.6. The van der Waals surface area contributed by atoms with Crippen LogP contribution in [0.4, 0.5) is 0 Å². The molecule has 0 radical (unpaired) electrons. The summed E-state index contributed by atoms with van der Waals surface area (Å²) in [6, 6.07) is 21.5. The maximum Gasteiger partial charge on any atom is 0.496 e. The molecule has 4 aromatic carbocycles. The minimum Gasteiger partial charge on any atom is -0.478 e. The van der Waals surface area contributed by atoms with Crippen LogP contribution in [0.3, 0.4) is 0 Å². The number of esters is 2. The zero-order valence-corrected chi connectivity index (χ0v) is 55.7. The first-order valence-electron chi connectivity index (χ1n) is 27.4. The third-order valence-electron chi connectivity index (χ3n) is 16.9. The summed E-state index contributed by atoms with van der Waals surface area (Å²) in [5.41, 5.74) is 4.23. The van der Waals surface area contributed by atoms with Crippen LogP contribution in [0.25, 0.3) is 0 Å². The number of aryl methyl sites for hydroxylation is 2. The second kappa shape index (κ2) is 27.5. The molecule has 25 heteroatoms. The molecular formula is C59H83B5Br2O18. The van der Waals surface area contributed by atoms with Gasteiger partial charge in [-0.2, -0.15) is 0 Å². The van der Waals surface area contributed by atoms with Crippen molar-refractivity contribution in [2.75, 3.05) is 14.2 Å². The molecule has 5 heterocycles. The van der Waals surface area contributed by atoms with Gasteiger partial charge >= 0.3 is 53.3 Å². The molecule has 0 amide bonds. The van der Waals surface area contributed by atoms with Gasteiger partial charge in [0.2, 0.25) is 0 Å². The van der Waals surface area contributed by atoms with E-state index in [0.29, 0.717) is 21.9 Å². The molecule has 4 N–H and O–H groups in total. The molecule has 0 bridgehead atoms. The highest BCUT2D eigenvalue weighted by Gasteiger charge is 2.64. The van der Waals surface area contributed by atoms with Crippen molar-refractivity contribution in [2.24, 2.45) is 0 Å². The van der Waals surface area contributed by atoms with Crippen molar-refractivity contribution in [3.63, 3.8) is 0 Å². The summed E-state index contributed by atoms with van der Waals surface area (Å²) in [6.07, 6.45) is 0. The molecule has 84 heavy (non-hydrogen) atoms. The lowest BCUT2D eigenvalue weighted by Crippen LogP contribution is -2.41. The fourth-order valence-electron chi connectivity index (χ4n) is 8.89. The van der Waals surface area contributed by atoms with Gasteiger partial charge in [-0.05, 0) is 188 Å². The van der Waals surface area contributed by atoms with Crippen LogP contribution < -0.4 is 16.4 Å². The average molecular weight is 1290 g/mol. The van der Waals surface area contributed by atoms with E-state index in [1.807, 2.05) is 167 Å². The van der Waals surface area contributed by atoms with Crippen LogP contribution in [0.15, 0.2) is 77.3 Å². The highest BCUT2D eigenvalue weighted by Crippen LogP contribution is 2.43. The summed E-state index contributed by atoms with van der Waals surface area (Å²) in [5.74, 6) is -1.71. The van der Waals surface area contributed by atoms with E-state index in [1.165, 1.54) is 20.3 Å². The molecule has 0 aromatic heterocycles. The van der Waals surface area contributed by atoms with Crippen LogP contribution in [-0.4, -0.2) is 134 Å². The van der Waals surface area contributed by atoms with Gasteiger partial charge in [-0.1, -0.05) is 76.1 Å². The predicted octanol–water partition coefficient (Wildman–Crippen LogP) is 8.74. The van der Waals surface area contributed by atoms with Crippen molar-refractivity contribution < 1.29 is 86.1 Å². The molecule has 4 aromatic rings. The number of alkyl halides is 1. The Morgan fingerprint density at radius 3 is 1.24 bits per heavy atom. The number of hydrogen-bond acceptors (Lipinski definition) is 16. The lowest BCUT2D eigenvalue weighted by molar-refractivity contribution is 0.00578. The number of aromatic carboxylic acids is 1. The molecule has 0 unspecified atom stereocenters. The number of ether oxygens (including phenoxy) is 2. The fraction of sp³-hybridized carbons (Fsp3) is 0.525. The quantitative estimate of drug-likeness (QED) is 0.0725. The highest BCUT2D eigenvalue weighted by molar-refractivity contribution is 9.10. The Balaban J connectivity index is 0.000000228. The van der Waals surface area contributed by atoms with E-state index in [9.17, 15) is 24.2 Å². The van der Waals surface area contributed by atoms with Crippen molar-refractivity contribution >= 4 is 107 Å². The highest BCUT2D eigenvalue weighted by atomic mass is 79.9. The zero-order valence-electron chi connectivity index (χ0n) is 52.5. The van der Waals surface area contributed by atoms with E-state index in [1.54, 1.807) is 31.2 Å². The second-order valence-electron chi connectivity index (χ2n) is 24.8. The molecule has 0 aliphatic carbocycles. The number of methoxy groups -OCH3 is 2. The SMILES string of the molecule is CC(=O)c1cccc(C)c1Br.CC1(C)OB(B2OC(C)(C)C(C)(C)O2)OC1(C)C.COC(=O)c1cccc(C)c1B1OC(C)(C)C(C)(C)O1.COC(=O)c1cccc(CBr)c1B1OC(C)(C)C(C)(C)O1.O.O=C(O)c1cccc2c1B(O)OC2. The van der Waals surface area contributed by atoms with Crippen molar-refractivity contribution in [3.05, 3.63) is 122 Å². The number of halogens is 2. The van der Waals surface area contributed by atoms with Gasteiger partial charge in [0.15, 0.2) is 5.78 Å². The third kappa shape index (κ3) is 15.7. The molecule has 0 saturated carbocycles. The smallest absolute Gasteiger partial charge is 0.478 e. The second-order valence-corrected chi connectivity index (χ2v) is 26.2. The molecule has 4 fully saturated rings. The molecule has 5 aliphatic rings. The number of rotatable bonds is 8. The van der Waals surface area contributed by atoms with Crippen molar-refractivity contribution in [3.8, 4) is 0 Å². The first kappa shape index (κ1) is 72.3. The van der Waals surface area contributed by atoms with E-state index in [2.05, 4.69) is 31.9 Å². The lowest BCUT2D eigenvalue weighted by atomic mass is 9.49. The third-order valence-corrected chi connectivity index (χ3v) is 18.5. The number of fused-ring (bicyclic) bond motifs is 1. The van der Waals surface area contributed by atoms with Gasteiger partial charge in [0.05, 0.1) is 82.3 Å². The first-order chi connectivity index (χ1) is 38.1. The Morgan fingerprint density at radius 1 is 0.512 bits per heavy atom. The molecule has 0 atom stereocenters. The van der Waals surface area contributed by atoms with Gasteiger partial charge in [0, 0.05) is 26.3 Å². The number of hydrogen-bond donors (Lipinski definition) is 2. The number of Topliss-reactive ketones (excluding diaryl/α,β-unsaturated/α-hetero) is 1. The van der Waals surface area contributed by atoms with E-state index in [0.717, 1.165) is 43.2 Å². The van der Waals surface area contributed by atoms with E-state index in [4.69, 9.17) is 56.5 Å². The van der Waals surface area contributed by atoms with E-state index < -0.39 is 63.7 Å². The molecule has 0 spiro atoms. The van der Waals surface area contributed by atoms with Gasteiger partial charge in [0.1, 0.15) is 0 Å². The number of carbonyl (C=O) groups excluding carboxylic acids is 3. The van der Waals surface area contributed by atoms with Crippen LogP contribution >= 0.6 is 31.9 Å². The monoisotopic (exact) mass is 1290 g/mol. The summed E-state index contributed by atoms with van der Waals surface area (Å²) in [4.78, 5) is 45.7. The van der Waals surface area contributed by atoms with Gasteiger partial charge < -0.3 is 67.0 Å². The van der Waals surface area contributed by atoms with Gasteiger partial charge in [0.25, 0.3) is 0 Å². The number of carboxylic acid groups (broad SMARTS) is 1. The van der Waals surface area contributed by atoms with E-state index >= 15 is 0 Å². The Morgan fingerprint density at radius 2 is 0.857 bits per heavy atom. The largest absolute Gasteiger partial charge is 0.496 e. The van der Waals surface area contributed by atoms with Crippen LogP contribution in [0.5, 0.6) is 0 Å². The summed E-state index contributed by atoms with van der Waals surface area (Å²) < 4.78 is 63.6. The van der Waals surface area contributed by atoms with Crippen LogP contribution in [0.1, 0.15) is 181 Å². The van der Waals surface area contributed by atoms with E-state index in [-0.39, 0.29) is 57.8 Å². The molecule has 456 valence electrons. The molecule has 9 rings (SSSR count). The summed E-state index contributed by atoms with van der Waals surface area (Å²) in [7, 11) is -0.446. The molecule has 4 saturated heterocycles. The number of ketones is 1. The topological polar surface area (TPSA) is 242 Å². The average Bonchev–Trinajstić information content (AvgIpc) is 2.81. The van der Waals surface area contributed by atoms with Crippen molar-refractivity contribution in [2.45, 2.75) is 188 Å². The molecule has 18 nitrogen and oxygen atoms in total. The minimum atomic E-state index is -1.10. The molecular weight excluding hydrogens is 1210 g/mol. The summed E-state index contributed by atoms with van der Waals surface area (Å²) in [5, 5.41) is 18.7. The van der Waals surface area contributed by atoms with Crippen LogP contribution in [-0.2, 0) is 63.3 Å². The van der Waals surface area contributed by atoms with Gasteiger partial charge in [-0.25, -0.2) is 14.4 Å². The van der Waals surface area contributed by atoms with Crippen LogP contribution in [0.2, 0.25) is 0 Å². The Labute approximate surface area is 515 Å². The maximum absolute atomic E-state index is 12.0.